The predicted molar refractivity (Wildman–Crippen MR) is 71.6 cm³/mol. The second kappa shape index (κ2) is 14.8. The molecule has 0 aromatic rings. The van der Waals surface area contributed by atoms with E-state index in [-0.39, 0.29) is 18.6 Å². The highest BCUT2D eigenvalue weighted by Crippen LogP contribution is 2.12. The van der Waals surface area contributed by atoms with Gasteiger partial charge in [-0.3, -0.25) is 0 Å². The van der Waals surface area contributed by atoms with Crippen LogP contribution in [0.3, 0.4) is 0 Å². The lowest BCUT2D eigenvalue weighted by Crippen LogP contribution is -2.65. The van der Waals surface area contributed by atoms with Gasteiger partial charge in [-0.25, -0.2) is 4.79 Å². The molecule has 0 aromatic carbocycles. The maximum absolute atomic E-state index is 11.1. The van der Waals surface area contributed by atoms with Crippen molar-refractivity contribution in [2.75, 3.05) is 13.2 Å². The molecule has 0 aliphatic heterocycles. The molecule has 0 fully saturated rings. The lowest BCUT2D eigenvalue weighted by Gasteiger charge is -2.06. The van der Waals surface area contributed by atoms with E-state index in [0.717, 1.165) is 25.8 Å². The third-order valence-electron chi connectivity index (χ3n) is 2.19. The largest absolute Gasteiger partial charge is 0.542 e. The molecule has 6 N–H and O–H groups in total. The first-order chi connectivity index (χ1) is 12.1. The number of alkyl halides is 6. The van der Waals surface area contributed by atoms with Crippen molar-refractivity contribution >= 4 is 17.9 Å². The monoisotopic (exact) mass is 414 g/mol. The number of hydrogen-bond donors (Lipinski definition) is 2. The molecule has 0 rings (SSSR count). The van der Waals surface area contributed by atoms with Crippen LogP contribution in [0.5, 0.6) is 0 Å². The Bertz CT molecular complexity index is 443. The summed E-state index contributed by atoms with van der Waals surface area (Å²) in [6.45, 7) is 4.65. The molecule has 0 aliphatic carbocycles. The standard InChI is InChI=1S/C9H18N2O2.2C2HF3O2/c1-2-7-13-9(12)8(11)5-3-4-6-10;2*3-2(4,5)1(6)7/h2,8H,1,3-7,10-11H2;2*(H,6,7)/t8-;;/m0../s1. The number of esters is 1. The minimum Gasteiger partial charge on any atom is -0.542 e. The van der Waals surface area contributed by atoms with Crippen LogP contribution in [0.2, 0.25) is 0 Å². The molecule has 0 radical (unpaired) electrons. The van der Waals surface area contributed by atoms with Crippen LogP contribution in [0.15, 0.2) is 12.7 Å². The van der Waals surface area contributed by atoms with Gasteiger partial charge < -0.3 is 36.0 Å². The van der Waals surface area contributed by atoms with Crippen molar-refractivity contribution in [3.8, 4) is 0 Å². The van der Waals surface area contributed by atoms with E-state index in [1.807, 2.05) is 0 Å². The summed E-state index contributed by atoms with van der Waals surface area (Å²) in [6.07, 6.45) is -6.02. The Morgan fingerprint density at radius 3 is 1.63 bits per heavy atom. The highest BCUT2D eigenvalue weighted by molar-refractivity contribution is 5.74. The zero-order chi connectivity index (χ0) is 22.3. The Hall–Kier alpha value is -2.35. The van der Waals surface area contributed by atoms with E-state index in [0.29, 0.717) is 0 Å². The minimum absolute atomic E-state index is 0.232. The first-order valence-corrected chi connectivity index (χ1v) is 7.07. The smallest absolute Gasteiger partial charge is 0.430 e. The molecule has 1 atom stereocenters. The Morgan fingerprint density at radius 2 is 1.37 bits per heavy atom. The van der Waals surface area contributed by atoms with Crippen LogP contribution in [-0.2, 0) is 19.1 Å². The molecular formula is C13H20F6N2O6. The molecule has 160 valence electrons. The van der Waals surface area contributed by atoms with E-state index < -0.39 is 24.3 Å². The van der Waals surface area contributed by atoms with Gasteiger partial charge in [0.25, 0.3) is 0 Å². The third kappa shape index (κ3) is 21.6. The van der Waals surface area contributed by atoms with Crippen molar-refractivity contribution in [2.45, 2.75) is 37.7 Å². The summed E-state index contributed by atoms with van der Waals surface area (Å²) in [7, 11) is 0. The van der Waals surface area contributed by atoms with Gasteiger partial charge in [0.2, 0.25) is 0 Å². The zero-order valence-corrected chi connectivity index (χ0v) is 14.0. The topological polar surface area (TPSA) is 162 Å². The third-order valence-corrected chi connectivity index (χ3v) is 2.19. The first-order valence-electron chi connectivity index (χ1n) is 7.07. The van der Waals surface area contributed by atoms with Crippen molar-refractivity contribution < 1.29 is 67.1 Å². The predicted octanol–water partition coefficient (Wildman–Crippen LogP) is -2.66. The number of rotatable bonds is 7. The maximum atomic E-state index is 11.1. The second-order valence-electron chi connectivity index (χ2n) is 4.54. The van der Waals surface area contributed by atoms with E-state index in [1.54, 1.807) is 6.08 Å². The van der Waals surface area contributed by atoms with E-state index in [2.05, 4.69) is 18.0 Å². The van der Waals surface area contributed by atoms with Crippen LogP contribution < -0.4 is 21.7 Å². The van der Waals surface area contributed by atoms with Crippen molar-refractivity contribution in [1.82, 2.24) is 0 Å². The molecule has 14 heteroatoms. The van der Waals surface area contributed by atoms with E-state index in [1.165, 1.54) is 0 Å². The van der Waals surface area contributed by atoms with Crippen LogP contribution in [0.25, 0.3) is 0 Å². The number of ether oxygens (including phenoxy) is 1. The number of carbonyl (C=O) groups is 3. The fraction of sp³-hybridized carbons (Fsp3) is 0.615. The molecule has 8 nitrogen and oxygen atoms in total. The van der Waals surface area contributed by atoms with Crippen LogP contribution in [0.4, 0.5) is 26.3 Å². The Kier molecular flexibility index (Phi) is 16.1. The van der Waals surface area contributed by atoms with Gasteiger partial charge in [-0.1, -0.05) is 12.7 Å². The average molecular weight is 414 g/mol. The van der Waals surface area contributed by atoms with Gasteiger partial charge in [-0.15, -0.1) is 0 Å². The average Bonchev–Trinajstić information content (AvgIpc) is 2.52. The van der Waals surface area contributed by atoms with Gasteiger partial charge in [-0.2, -0.15) is 26.3 Å². The van der Waals surface area contributed by atoms with Gasteiger partial charge in [0.1, 0.15) is 18.5 Å². The molecular weight excluding hydrogens is 394 g/mol. The number of carboxylic acid groups (broad SMARTS) is 2. The SMILES string of the molecule is C=CCOC(=O)[C@@H]([NH3+])CCCC[NH3+].O=C([O-])C(F)(F)F.O=C([O-])C(F)(F)F. The van der Waals surface area contributed by atoms with Crippen LogP contribution in [0, 0.1) is 0 Å². The van der Waals surface area contributed by atoms with Crippen LogP contribution in [0.1, 0.15) is 19.3 Å². The maximum Gasteiger partial charge on any atom is 0.430 e. The molecule has 0 spiro atoms. The van der Waals surface area contributed by atoms with Gasteiger partial charge in [0.15, 0.2) is 6.04 Å². The number of halogens is 6. The molecule has 0 bridgehead atoms. The van der Waals surface area contributed by atoms with Crippen molar-refractivity contribution in [1.29, 1.82) is 0 Å². The molecule has 0 amide bonds. The lowest BCUT2D eigenvalue weighted by molar-refractivity contribution is -0.410. The molecule has 0 saturated heterocycles. The molecule has 0 saturated carbocycles. The summed E-state index contributed by atoms with van der Waals surface area (Å²) in [6, 6.07) is -0.244. The molecule has 0 aliphatic rings. The fourth-order valence-electron chi connectivity index (χ4n) is 0.944. The molecule has 0 aromatic heterocycles. The Morgan fingerprint density at radius 1 is 1.00 bits per heavy atom. The van der Waals surface area contributed by atoms with Crippen LogP contribution in [-0.4, -0.2) is 49.5 Å². The summed E-state index contributed by atoms with van der Waals surface area (Å²) >= 11 is 0. The van der Waals surface area contributed by atoms with Gasteiger partial charge >= 0.3 is 18.3 Å². The van der Waals surface area contributed by atoms with Crippen molar-refractivity contribution in [3.05, 3.63) is 12.7 Å². The van der Waals surface area contributed by atoms with E-state index >= 15 is 0 Å². The quantitative estimate of drug-likeness (QED) is 0.200. The highest BCUT2D eigenvalue weighted by atomic mass is 19.4. The van der Waals surface area contributed by atoms with Gasteiger partial charge in [0.05, 0.1) is 6.54 Å². The zero-order valence-electron chi connectivity index (χ0n) is 14.0. The number of carbonyl (C=O) groups excluding carboxylic acids is 3. The highest BCUT2D eigenvalue weighted by Gasteiger charge is 2.29. The summed E-state index contributed by atoms with van der Waals surface area (Å²) in [5, 5.41) is 17.6. The minimum atomic E-state index is -5.19. The number of aliphatic carboxylic acids is 2. The molecule has 27 heavy (non-hydrogen) atoms. The van der Waals surface area contributed by atoms with Crippen molar-refractivity contribution in [2.24, 2.45) is 0 Å². The van der Waals surface area contributed by atoms with Crippen molar-refractivity contribution in [3.63, 3.8) is 0 Å². The summed E-state index contributed by atoms with van der Waals surface area (Å²) in [5.74, 6) is -6.25. The number of quaternary nitrogens is 2. The molecule has 0 unspecified atom stereocenters. The summed E-state index contributed by atoms with van der Waals surface area (Å²) in [4.78, 5) is 28.7. The normalized spacial score (nSPS) is 11.7. The fourth-order valence-corrected chi connectivity index (χ4v) is 0.944. The Labute approximate surface area is 149 Å². The van der Waals surface area contributed by atoms with Crippen LogP contribution >= 0.6 is 0 Å². The van der Waals surface area contributed by atoms with Gasteiger partial charge in [-0.05, 0) is 12.8 Å². The lowest BCUT2D eigenvalue weighted by atomic mass is 10.1. The van der Waals surface area contributed by atoms with E-state index in [4.69, 9.17) is 24.5 Å². The van der Waals surface area contributed by atoms with E-state index in [9.17, 15) is 31.1 Å². The van der Waals surface area contributed by atoms with Gasteiger partial charge in [0, 0.05) is 6.42 Å². The first kappa shape index (κ1) is 29.4. The molecule has 0 heterocycles. The Balaban J connectivity index is -0.000000350. The summed E-state index contributed by atoms with van der Waals surface area (Å²) < 4.78 is 67.9. The number of hydrogen-bond acceptors (Lipinski definition) is 6. The second-order valence-corrected chi connectivity index (χ2v) is 4.54. The number of unbranched alkanes of at least 4 members (excludes halogenated alkanes) is 1. The summed E-state index contributed by atoms with van der Waals surface area (Å²) in [5.41, 5.74) is 7.46. The number of carboxylic acids is 2.